The molecule has 439 valence electrons. The van der Waals surface area contributed by atoms with E-state index in [9.17, 15) is 0 Å². The molecule has 0 saturated carbocycles. The van der Waals surface area contributed by atoms with E-state index < -0.39 is 0 Å². The molecule has 13 rings (SSSR count). The number of unbranched alkanes of at least 4 members (excludes halogenated alkanes) is 2. The SMILES string of the molecule is CCCCc1ccc(-c2[c-]ccc(-c3cccc(-c4cccc(-n5c6ccccc6c6ccccc65)c4)c3)c2)nc1.CCCCc1cccc(-c2cc[c-]c(-c3ncccc3C)c2)c1.Cc1ccc(-c2[c-]ccc(-c3ccccc3)c2C)nc1.[Ir].[Ir].[Ir]. The first kappa shape index (κ1) is 65.2. The molecule has 0 aliphatic rings. The fourth-order valence-electron chi connectivity index (χ4n) is 11.0. The summed E-state index contributed by atoms with van der Waals surface area (Å²) in [6.45, 7) is 10.7. The van der Waals surface area contributed by atoms with Crippen molar-refractivity contribution in [3.8, 4) is 84.0 Å². The van der Waals surface area contributed by atoms with Gasteiger partial charge in [-0.15, -0.1) is 100 Å². The van der Waals surface area contributed by atoms with Crippen molar-refractivity contribution < 1.29 is 60.3 Å². The molecule has 0 aliphatic carbocycles. The van der Waals surface area contributed by atoms with Crippen molar-refractivity contribution >= 4 is 21.8 Å². The summed E-state index contributed by atoms with van der Waals surface area (Å²) in [5.41, 5.74) is 25.7. The van der Waals surface area contributed by atoms with Crippen LogP contribution in [-0.4, -0.2) is 19.5 Å². The topological polar surface area (TPSA) is 43.6 Å². The van der Waals surface area contributed by atoms with Gasteiger partial charge < -0.3 is 19.5 Å². The fourth-order valence-corrected chi connectivity index (χ4v) is 11.0. The van der Waals surface area contributed by atoms with Gasteiger partial charge >= 0.3 is 0 Å². The van der Waals surface area contributed by atoms with Crippen molar-refractivity contribution in [3.63, 3.8) is 0 Å². The molecule has 0 N–H and O–H groups in total. The van der Waals surface area contributed by atoms with Gasteiger partial charge in [0.25, 0.3) is 0 Å². The molecule has 4 aromatic heterocycles. The maximum Gasteiger partial charge on any atom is 0.0541 e. The predicted octanol–water partition coefficient (Wildman–Crippen LogP) is 21.0. The first-order valence-electron chi connectivity index (χ1n) is 29.5. The number of aromatic nitrogens is 4. The Bertz CT molecular complexity index is 4270. The normalized spacial score (nSPS) is 10.6. The number of pyridine rings is 3. The number of aryl methyl sites for hydroxylation is 4. The number of fused-ring (bicyclic) bond motifs is 3. The van der Waals surface area contributed by atoms with E-state index in [0.29, 0.717) is 0 Å². The van der Waals surface area contributed by atoms with Crippen molar-refractivity contribution in [1.29, 1.82) is 0 Å². The van der Waals surface area contributed by atoms with Gasteiger partial charge in [-0.3, -0.25) is 0 Å². The third kappa shape index (κ3) is 15.9. The Morgan fingerprint density at radius 3 is 1.60 bits per heavy atom. The van der Waals surface area contributed by atoms with Crippen LogP contribution in [0.1, 0.15) is 67.3 Å². The molecule has 3 radical (unpaired) electrons. The molecule has 0 amide bonds. The Balaban J connectivity index is 0.000000182. The molecule has 0 aliphatic heterocycles. The molecule has 0 unspecified atom stereocenters. The molecule has 0 atom stereocenters. The molecule has 0 fully saturated rings. The monoisotopic (exact) mass is 1660 g/mol. The summed E-state index contributed by atoms with van der Waals surface area (Å²) in [4.78, 5) is 13.8. The van der Waals surface area contributed by atoms with Gasteiger partial charge in [-0.1, -0.05) is 196 Å². The molecular weight excluding hydrogens is 1590 g/mol. The summed E-state index contributed by atoms with van der Waals surface area (Å²) in [5.74, 6) is 0. The predicted molar refractivity (Wildman–Crippen MR) is 353 cm³/mol. The summed E-state index contributed by atoms with van der Waals surface area (Å²) in [7, 11) is 0. The Kier molecular flexibility index (Phi) is 23.8. The molecule has 13 aromatic rings. The van der Waals surface area contributed by atoms with Crippen molar-refractivity contribution in [1.82, 2.24) is 19.5 Å². The van der Waals surface area contributed by atoms with Crippen LogP contribution in [0.15, 0.2) is 255 Å². The summed E-state index contributed by atoms with van der Waals surface area (Å²) in [6.07, 6.45) is 12.8. The Hall–Kier alpha value is -7.82. The van der Waals surface area contributed by atoms with Gasteiger partial charge in [-0.2, -0.15) is 0 Å². The van der Waals surface area contributed by atoms with Gasteiger partial charge in [-0.05, 0) is 138 Å². The van der Waals surface area contributed by atoms with Gasteiger partial charge in [-0.25, -0.2) is 0 Å². The quantitative estimate of drug-likeness (QED) is 0.102. The van der Waals surface area contributed by atoms with Gasteiger partial charge in [0.05, 0.1) is 11.0 Å². The molecule has 7 heteroatoms. The van der Waals surface area contributed by atoms with E-state index in [-0.39, 0.29) is 60.3 Å². The average Bonchev–Trinajstić information content (AvgIpc) is 1.87. The van der Waals surface area contributed by atoms with E-state index in [1.807, 2.05) is 55.8 Å². The van der Waals surface area contributed by atoms with Crippen LogP contribution in [0.2, 0.25) is 0 Å². The first-order valence-corrected chi connectivity index (χ1v) is 29.5. The van der Waals surface area contributed by atoms with Crippen LogP contribution >= 0.6 is 0 Å². The molecule has 0 spiro atoms. The van der Waals surface area contributed by atoms with Gasteiger partial charge in [0.15, 0.2) is 0 Å². The van der Waals surface area contributed by atoms with E-state index in [2.05, 4.69) is 267 Å². The van der Waals surface area contributed by atoms with Crippen molar-refractivity contribution in [2.24, 2.45) is 0 Å². The minimum absolute atomic E-state index is 0. The fraction of sp³-hybridized carbons (Fsp3) is 0.138. The van der Waals surface area contributed by atoms with Gasteiger partial charge in [0, 0.05) is 95.4 Å². The zero-order valence-electron chi connectivity index (χ0n) is 49.8. The van der Waals surface area contributed by atoms with Crippen LogP contribution in [0.3, 0.4) is 0 Å². The van der Waals surface area contributed by atoms with E-state index in [1.165, 1.54) is 114 Å². The van der Waals surface area contributed by atoms with Crippen LogP contribution in [0.4, 0.5) is 0 Å². The number of rotatable bonds is 14. The number of hydrogen-bond donors (Lipinski definition) is 0. The smallest absolute Gasteiger partial charge is 0.0541 e. The Morgan fingerprint density at radius 1 is 0.402 bits per heavy atom. The maximum atomic E-state index is 4.75. The van der Waals surface area contributed by atoms with E-state index in [1.54, 1.807) is 0 Å². The largest absolute Gasteiger partial charge is 0.309 e. The second kappa shape index (κ2) is 31.7. The number of hydrogen-bond acceptors (Lipinski definition) is 3. The van der Waals surface area contributed by atoms with Crippen LogP contribution in [-0.2, 0) is 73.2 Å². The molecule has 0 saturated heterocycles. The molecule has 4 nitrogen and oxygen atoms in total. The van der Waals surface area contributed by atoms with Crippen molar-refractivity contribution in [2.45, 2.75) is 73.1 Å². The number of para-hydroxylation sites is 2. The second-order valence-corrected chi connectivity index (χ2v) is 21.6. The Labute approximate surface area is 555 Å². The van der Waals surface area contributed by atoms with Gasteiger partial charge in [0.2, 0.25) is 0 Å². The summed E-state index contributed by atoms with van der Waals surface area (Å²) in [5, 5.41) is 2.55. The van der Waals surface area contributed by atoms with Crippen molar-refractivity contribution in [2.75, 3.05) is 0 Å². The minimum atomic E-state index is 0. The molecular formula is C80H69Ir3N4-3. The van der Waals surface area contributed by atoms with Crippen LogP contribution in [0, 0.1) is 39.0 Å². The number of benzene rings is 9. The third-order valence-electron chi connectivity index (χ3n) is 15.6. The van der Waals surface area contributed by atoms with E-state index >= 15 is 0 Å². The van der Waals surface area contributed by atoms with Crippen LogP contribution in [0.25, 0.3) is 106 Å². The average molecular weight is 1660 g/mol. The maximum absolute atomic E-state index is 4.75. The first-order chi connectivity index (χ1) is 41.3. The summed E-state index contributed by atoms with van der Waals surface area (Å²) >= 11 is 0. The molecule has 87 heavy (non-hydrogen) atoms. The molecule has 4 heterocycles. The van der Waals surface area contributed by atoms with E-state index in [4.69, 9.17) is 4.98 Å². The number of nitrogens with zero attached hydrogens (tertiary/aromatic N) is 4. The minimum Gasteiger partial charge on any atom is -0.309 e. The second-order valence-electron chi connectivity index (χ2n) is 21.6. The van der Waals surface area contributed by atoms with Crippen LogP contribution in [0.5, 0.6) is 0 Å². The summed E-state index contributed by atoms with van der Waals surface area (Å²) in [6, 6.07) is 93.6. The zero-order valence-corrected chi connectivity index (χ0v) is 57.0. The van der Waals surface area contributed by atoms with Gasteiger partial charge in [0.1, 0.15) is 0 Å². The molecule has 9 aromatic carbocycles. The Morgan fingerprint density at radius 2 is 0.954 bits per heavy atom. The summed E-state index contributed by atoms with van der Waals surface area (Å²) < 4.78 is 2.37. The van der Waals surface area contributed by atoms with E-state index in [0.717, 1.165) is 57.9 Å². The van der Waals surface area contributed by atoms with Crippen LogP contribution < -0.4 is 0 Å². The standard InChI is InChI=1S/C39H31N2.C22H22N.C19H16N.3Ir/c1-2-3-11-28-22-23-37(40-27-28)33-16-9-14-31(25-33)29-12-8-13-30(24-29)32-15-10-17-34(26-32)41-38-20-6-4-18-35(38)36-19-5-7-21-39(36)41;1-3-4-9-18-10-5-11-19(15-18)20-12-6-13-21(16-20)22-17(2)8-7-14-23-22;1-14-11-12-19(20-13-14)18-10-6-9-17(15(18)2)16-7-4-3-5-8-16;;;/h4-10,12-15,17-27H,2-3,11H2,1H3;5-8,10-12,14-16H,3-4,9H2,1-2H3;3-9,11-13H,1-2H3;;;/q3*-1;;;. The van der Waals surface area contributed by atoms with Crippen molar-refractivity contribution in [3.05, 3.63) is 301 Å². The third-order valence-corrected chi connectivity index (χ3v) is 15.6. The molecule has 0 bridgehead atoms. The zero-order chi connectivity index (χ0) is 57.6.